The van der Waals surface area contributed by atoms with Crippen molar-refractivity contribution in [1.29, 1.82) is 0 Å². The molecule has 1 aromatic heterocycles. The number of Topliss-reactive ketones (excluding diaryl/α,β-unsaturated/α-hetero) is 1. The SMILES string of the molecule is C=CC1=C2c3ccc4[nH]nnc4c3CC2(CCC)CCC1=O. The van der Waals surface area contributed by atoms with Gasteiger partial charge in [-0.15, -0.1) is 5.10 Å². The average Bonchev–Trinajstić information content (AvgIpc) is 3.10. The lowest BCUT2D eigenvalue weighted by Crippen LogP contribution is -2.28. The molecule has 0 amide bonds. The van der Waals surface area contributed by atoms with Gasteiger partial charge in [-0.05, 0) is 42.0 Å². The lowest BCUT2D eigenvalue weighted by molar-refractivity contribution is -0.116. The van der Waals surface area contributed by atoms with Crippen molar-refractivity contribution < 1.29 is 4.79 Å². The Morgan fingerprint density at radius 3 is 3.09 bits per heavy atom. The minimum Gasteiger partial charge on any atom is -0.294 e. The lowest BCUT2D eigenvalue weighted by atomic mass is 9.67. The fourth-order valence-electron chi connectivity index (χ4n) is 4.40. The molecule has 4 nitrogen and oxygen atoms in total. The maximum atomic E-state index is 12.4. The van der Waals surface area contributed by atoms with E-state index in [-0.39, 0.29) is 11.2 Å². The van der Waals surface area contributed by atoms with E-state index < -0.39 is 0 Å². The molecule has 0 saturated heterocycles. The second-order valence-corrected chi connectivity index (χ2v) is 6.42. The maximum absolute atomic E-state index is 12.4. The van der Waals surface area contributed by atoms with Crippen molar-refractivity contribution in [2.45, 2.75) is 39.0 Å². The zero-order valence-corrected chi connectivity index (χ0v) is 12.8. The normalized spacial score (nSPS) is 23.8. The van der Waals surface area contributed by atoms with Crippen LogP contribution >= 0.6 is 0 Å². The molecule has 2 aliphatic carbocycles. The van der Waals surface area contributed by atoms with Crippen molar-refractivity contribution in [3.8, 4) is 0 Å². The predicted octanol–water partition coefficient (Wildman–Crippen LogP) is 3.60. The first kappa shape index (κ1) is 13.4. The van der Waals surface area contributed by atoms with Gasteiger partial charge in [0.1, 0.15) is 5.52 Å². The van der Waals surface area contributed by atoms with E-state index in [1.165, 1.54) is 16.7 Å². The number of hydrogen-bond acceptors (Lipinski definition) is 3. The summed E-state index contributed by atoms with van der Waals surface area (Å²) in [7, 11) is 0. The maximum Gasteiger partial charge on any atom is 0.163 e. The van der Waals surface area contributed by atoms with Crippen LogP contribution in [-0.2, 0) is 11.2 Å². The van der Waals surface area contributed by atoms with Gasteiger partial charge in [-0.3, -0.25) is 9.89 Å². The number of nitrogens with one attached hydrogen (secondary N) is 1. The van der Waals surface area contributed by atoms with Crippen LogP contribution in [0, 0.1) is 5.41 Å². The Balaban J connectivity index is 2.05. The Kier molecular flexibility index (Phi) is 2.83. The third-order valence-corrected chi connectivity index (χ3v) is 5.25. The number of rotatable bonds is 3. The van der Waals surface area contributed by atoms with Gasteiger partial charge in [0.2, 0.25) is 0 Å². The summed E-state index contributed by atoms with van der Waals surface area (Å²) in [6.07, 6.45) is 6.48. The Labute approximate surface area is 129 Å². The van der Waals surface area contributed by atoms with E-state index >= 15 is 0 Å². The van der Waals surface area contributed by atoms with Crippen LogP contribution in [0.25, 0.3) is 16.6 Å². The molecule has 1 N–H and O–H groups in total. The first-order valence-electron chi connectivity index (χ1n) is 7.93. The predicted molar refractivity (Wildman–Crippen MR) is 86.3 cm³/mol. The number of fused-ring (bicyclic) bond motifs is 5. The first-order chi connectivity index (χ1) is 10.7. The summed E-state index contributed by atoms with van der Waals surface area (Å²) in [5.41, 5.74) is 6.44. The van der Waals surface area contributed by atoms with Gasteiger partial charge >= 0.3 is 0 Å². The van der Waals surface area contributed by atoms with E-state index in [1.54, 1.807) is 6.08 Å². The number of carbonyl (C=O) groups is 1. The Morgan fingerprint density at radius 1 is 1.45 bits per heavy atom. The highest BCUT2D eigenvalue weighted by Gasteiger charge is 2.46. The van der Waals surface area contributed by atoms with Gasteiger partial charge in [0.25, 0.3) is 0 Å². The molecule has 0 radical (unpaired) electrons. The standard InChI is InChI=1S/C18H19N3O/c1-3-8-18-9-7-15(22)11(4-2)16(18)12-5-6-14-17(13(12)10-18)20-21-19-14/h4-6H,2-3,7-10H2,1H3,(H,19,20,21). The molecule has 0 fully saturated rings. The number of benzene rings is 1. The number of aromatic nitrogens is 3. The lowest BCUT2D eigenvalue weighted by Gasteiger charge is -2.35. The molecule has 2 aromatic rings. The highest BCUT2D eigenvalue weighted by atomic mass is 16.1. The highest BCUT2D eigenvalue weighted by Crippen LogP contribution is 2.57. The van der Waals surface area contributed by atoms with Crippen LogP contribution in [0.1, 0.15) is 43.7 Å². The van der Waals surface area contributed by atoms with Crippen LogP contribution in [0.3, 0.4) is 0 Å². The molecule has 0 aliphatic heterocycles. The van der Waals surface area contributed by atoms with Gasteiger partial charge < -0.3 is 0 Å². The molecule has 1 unspecified atom stereocenters. The van der Waals surface area contributed by atoms with E-state index in [4.69, 9.17) is 0 Å². The largest absolute Gasteiger partial charge is 0.294 e. The molecule has 4 heteroatoms. The monoisotopic (exact) mass is 293 g/mol. The molecule has 22 heavy (non-hydrogen) atoms. The number of allylic oxidation sites excluding steroid dienone is 3. The van der Waals surface area contributed by atoms with Crippen molar-refractivity contribution in [3.63, 3.8) is 0 Å². The Hall–Kier alpha value is -2.23. The van der Waals surface area contributed by atoms with E-state index in [0.717, 1.165) is 42.3 Å². The molecular formula is C18H19N3O. The first-order valence-corrected chi connectivity index (χ1v) is 7.93. The molecule has 1 atom stereocenters. The number of hydrogen-bond donors (Lipinski definition) is 1. The third kappa shape index (κ3) is 1.61. The number of aromatic amines is 1. The fraction of sp³-hybridized carbons (Fsp3) is 0.389. The minimum atomic E-state index is 0.0712. The van der Waals surface area contributed by atoms with E-state index in [0.29, 0.717) is 6.42 Å². The van der Waals surface area contributed by atoms with Crippen LogP contribution in [0.5, 0.6) is 0 Å². The van der Waals surface area contributed by atoms with E-state index in [2.05, 4.69) is 35.0 Å². The van der Waals surface area contributed by atoms with Gasteiger partial charge in [0.15, 0.2) is 5.78 Å². The van der Waals surface area contributed by atoms with Gasteiger partial charge in [-0.2, -0.15) is 0 Å². The molecule has 2 aliphatic rings. The summed E-state index contributed by atoms with van der Waals surface area (Å²) < 4.78 is 0. The molecule has 1 aromatic carbocycles. The summed E-state index contributed by atoms with van der Waals surface area (Å²) in [5.74, 6) is 0.227. The van der Waals surface area contributed by atoms with Gasteiger partial charge in [0.05, 0.1) is 5.52 Å². The second kappa shape index (κ2) is 4.63. The molecular weight excluding hydrogens is 274 g/mol. The highest BCUT2D eigenvalue weighted by molar-refractivity contribution is 6.09. The van der Waals surface area contributed by atoms with Crippen LogP contribution in [0.4, 0.5) is 0 Å². The summed E-state index contributed by atoms with van der Waals surface area (Å²) in [4.78, 5) is 12.4. The molecule has 1 heterocycles. The topological polar surface area (TPSA) is 58.6 Å². The smallest absolute Gasteiger partial charge is 0.163 e. The minimum absolute atomic E-state index is 0.0712. The van der Waals surface area contributed by atoms with Gasteiger partial charge in [-0.1, -0.05) is 37.3 Å². The van der Waals surface area contributed by atoms with Crippen molar-refractivity contribution in [2.75, 3.05) is 0 Å². The number of carbonyl (C=O) groups excluding carboxylic acids is 1. The molecule has 112 valence electrons. The van der Waals surface area contributed by atoms with Gasteiger partial charge in [0, 0.05) is 17.4 Å². The average molecular weight is 293 g/mol. The van der Waals surface area contributed by atoms with Crippen molar-refractivity contribution in [3.05, 3.63) is 41.5 Å². The zero-order chi connectivity index (χ0) is 15.3. The fourth-order valence-corrected chi connectivity index (χ4v) is 4.40. The summed E-state index contributed by atoms with van der Waals surface area (Å²) >= 11 is 0. The number of H-pyrrole nitrogens is 1. The molecule has 0 spiro atoms. The molecule has 0 bridgehead atoms. The van der Waals surface area contributed by atoms with Crippen molar-refractivity contribution in [1.82, 2.24) is 15.4 Å². The quantitative estimate of drug-likeness (QED) is 0.940. The number of ketones is 1. The summed E-state index contributed by atoms with van der Waals surface area (Å²) in [6, 6.07) is 4.13. The van der Waals surface area contributed by atoms with Crippen LogP contribution in [-0.4, -0.2) is 21.2 Å². The van der Waals surface area contributed by atoms with Crippen LogP contribution < -0.4 is 0 Å². The Morgan fingerprint density at radius 2 is 2.32 bits per heavy atom. The van der Waals surface area contributed by atoms with Crippen LogP contribution in [0.15, 0.2) is 30.4 Å². The number of nitrogens with zero attached hydrogens (tertiary/aromatic N) is 2. The zero-order valence-electron chi connectivity index (χ0n) is 12.8. The van der Waals surface area contributed by atoms with E-state index in [9.17, 15) is 4.79 Å². The summed E-state index contributed by atoms with van der Waals surface area (Å²) in [5, 5.41) is 11.2. The molecule has 4 rings (SSSR count). The van der Waals surface area contributed by atoms with Crippen molar-refractivity contribution >= 4 is 22.4 Å². The summed E-state index contributed by atoms with van der Waals surface area (Å²) in [6.45, 7) is 6.11. The second-order valence-electron chi connectivity index (χ2n) is 6.42. The van der Waals surface area contributed by atoms with Crippen molar-refractivity contribution in [2.24, 2.45) is 5.41 Å². The molecule has 0 saturated carbocycles. The van der Waals surface area contributed by atoms with Gasteiger partial charge in [-0.25, -0.2) is 0 Å². The Bertz CT molecular complexity index is 830. The third-order valence-electron chi connectivity index (χ3n) is 5.25. The van der Waals surface area contributed by atoms with Crippen LogP contribution in [0.2, 0.25) is 0 Å². The van der Waals surface area contributed by atoms with E-state index in [1.807, 2.05) is 6.07 Å².